The van der Waals surface area contributed by atoms with Crippen molar-refractivity contribution >= 4 is 28.5 Å². The van der Waals surface area contributed by atoms with Crippen LogP contribution in [0.2, 0.25) is 0 Å². The molecule has 7 heteroatoms. The number of nitrogens with zero attached hydrogens (tertiary/aromatic N) is 3. The third-order valence-corrected chi connectivity index (χ3v) is 5.02. The lowest BCUT2D eigenvalue weighted by Crippen LogP contribution is -2.26. The zero-order chi connectivity index (χ0) is 21.8. The zero-order valence-corrected chi connectivity index (χ0v) is 17.4. The van der Waals surface area contributed by atoms with Gasteiger partial charge in [0.2, 0.25) is 5.91 Å². The van der Waals surface area contributed by atoms with Crippen LogP contribution in [0.15, 0.2) is 72.8 Å². The van der Waals surface area contributed by atoms with E-state index in [2.05, 4.69) is 20.9 Å². The second kappa shape index (κ2) is 8.79. The Morgan fingerprint density at radius 3 is 2.55 bits per heavy atom. The molecule has 2 N–H and O–H groups in total. The summed E-state index contributed by atoms with van der Waals surface area (Å²) in [5, 5.41) is 14.1. The Labute approximate surface area is 180 Å². The van der Waals surface area contributed by atoms with Gasteiger partial charge in [-0.05, 0) is 54.4 Å². The van der Waals surface area contributed by atoms with Crippen molar-refractivity contribution in [1.29, 1.82) is 0 Å². The van der Waals surface area contributed by atoms with Crippen LogP contribution < -0.4 is 10.6 Å². The quantitative estimate of drug-likeness (QED) is 0.501. The van der Waals surface area contributed by atoms with Gasteiger partial charge in [0.05, 0.1) is 18.1 Å². The Kier molecular flexibility index (Phi) is 5.75. The molecule has 31 heavy (non-hydrogen) atoms. The smallest absolute Gasteiger partial charge is 0.251 e. The van der Waals surface area contributed by atoms with Gasteiger partial charge in [0.15, 0.2) is 0 Å². The van der Waals surface area contributed by atoms with E-state index < -0.39 is 0 Å². The number of benzene rings is 3. The summed E-state index contributed by atoms with van der Waals surface area (Å²) in [5.74, 6) is -0.289. The van der Waals surface area contributed by atoms with Crippen LogP contribution in [-0.2, 0) is 11.3 Å². The van der Waals surface area contributed by atoms with E-state index in [1.165, 1.54) is 6.92 Å². The summed E-state index contributed by atoms with van der Waals surface area (Å²) in [4.78, 5) is 23.9. The first-order valence-electron chi connectivity index (χ1n) is 10.1. The first-order valence-corrected chi connectivity index (χ1v) is 10.1. The normalized spacial score (nSPS) is 11.8. The molecule has 3 aromatic carbocycles. The van der Waals surface area contributed by atoms with E-state index in [9.17, 15) is 9.59 Å². The van der Waals surface area contributed by atoms with Crippen LogP contribution in [0.1, 0.15) is 41.4 Å². The second-order valence-electron chi connectivity index (χ2n) is 7.43. The molecule has 4 aromatic rings. The number of nitrogens with one attached hydrogen (secondary N) is 2. The van der Waals surface area contributed by atoms with Crippen LogP contribution in [-0.4, -0.2) is 26.8 Å². The van der Waals surface area contributed by atoms with Gasteiger partial charge in [-0.3, -0.25) is 9.59 Å². The fourth-order valence-electron chi connectivity index (χ4n) is 3.42. The van der Waals surface area contributed by atoms with Crippen LogP contribution in [0.5, 0.6) is 0 Å². The van der Waals surface area contributed by atoms with Gasteiger partial charge in [0, 0.05) is 18.2 Å². The molecule has 0 fully saturated rings. The lowest BCUT2D eigenvalue weighted by atomic mass is 10.1. The molecule has 1 aromatic heterocycles. The van der Waals surface area contributed by atoms with E-state index in [-0.39, 0.29) is 17.9 Å². The van der Waals surface area contributed by atoms with Crippen LogP contribution in [0.25, 0.3) is 11.0 Å². The third kappa shape index (κ3) is 4.78. The number of fused-ring (bicyclic) bond motifs is 1. The van der Waals surface area contributed by atoms with E-state index in [0.29, 0.717) is 17.8 Å². The van der Waals surface area contributed by atoms with Crippen molar-refractivity contribution < 1.29 is 9.59 Å². The number of hydrogen-bond donors (Lipinski definition) is 2. The summed E-state index contributed by atoms with van der Waals surface area (Å²) in [6.07, 6.45) is 0. The second-order valence-corrected chi connectivity index (χ2v) is 7.43. The Balaban J connectivity index is 1.42. The summed E-state index contributed by atoms with van der Waals surface area (Å²) in [6, 6.07) is 22.5. The highest BCUT2D eigenvalue weighted by Crippen LogP contribution is 2.18. The van der Waals surface area contributed by atoms with Gasteiger partial charge in [0.25, 0.3) is 5.91 Å². The molecule has 0 aliphatic heterocycles. The van der Waals surface area contributed by atoms with Gasteiger partial charge in [-0.2, -0.15) is 0 Å². The Morgan fingerprint density at radius 2 is 1.77 bits per heavy atom. The van der Waals surface area contributed by atoms with Gasteiger partial charge in [0.1, 0.15) is 5.52 Å². The number of aromatic nitrogens is 3. The molecule has 0 saturated carbocycles. The number of carbonyl (C=O) groups is 2. The summed E-state index contributed by atoms with van der Waals surface area (Å²) < 4.78 is 1.84. The van der Waals surface area contributed by atoms with Crippen molar-refractivity contribution in [3.05, 3.63) is 89.5 Å². The van der Waals surface area contributed by atoms with Gasteiger partial charge in [-0.25, -0.2) is 4.68 Å². The first kappa shape index (κ1) is 20.3. The van der Waals surface area contributed by atoms with Crippen molar-refractivity contribution in [2.75, 3.05) is 5.32 Å². The van der Waals surface area contributed by atoms with Crippen LogP contribution in [0, 0.1) is 0 Å². The molecule has 4 rings (SSSR count). The van der Waals surface area contributed by atoms with Crippen molar-refractivity contribution in [2.45, 2.75) is 26.4 Å². The summed E-state index contributed by atoms with van der Waals surface area (Å²) >= 11 is 0. The Morgan fingerprint density at radius 1 is 1.00 bits per heavy atom. The van der Waals surface area contributed by atoms with Crippen LogP contribution in [0.3, 0.4) is 0 Å². The highest BCUT2D eigenvalue weighted by Gasteiger charge is 2.13. The maximum Gasteiger partial charge on any atom is 0.251 e. The predicted octanol–water partition coefficient (Wildman–Crippen LogP) is 3.93. The lowest BCUT2D eigenvalue weighted by molar-refractivity contribution is -0.114. The average Bonchev–Trinajstić information content (AvgIpc) is 3.17. The largest absolute Gasteiger partial charge is 0.346 e. The fraction of sp³-hybridized carbons (Fsp3) is 0.167. The molecule has 1 unspecified atom stereocenters. The Bertz CT molecular complexity index is 1230. The maximum absolute atomic E-state index is 12.7. The minimum absolute atomic E-state index is 0.132. The summed E-state index contributed by atoms with van der Waals surface area (Å²) in [7, 11) is 0. The molecule has 156 valence electrons. The number of hydrogen-bond acceptors (Lipinski definition) is 4. The van der Waals surface area contributed by atoms with Crippen LogP contribution in [0.4, 0.5) is 5.69 Å². The van der Waals surface area contributed by atoms with Gasteiger partial charge in [-0.1, -0.05) is 41.6 Å². The van der Waals surface area contributed by atoms with Gasteiger partial charge < -0.3 is 10.6 Å². The molecule has 2 amide bonds. The maximum atomic E-state index is 12.7. The van der Waals surface area contributed by atoms with Crippen LogP contribution >= 0.6 is 0 Å². The molecule has 0 spiro atoms. The molecule has 0 radical (unpaired) electrons. The van der Waals surface area contributed by atoms with Crippen molar-refractivity contribution in [1.82, 2.24) is 20.3 Å². The van der Waals surface area contributed by atoms with E-state index in [1.54, 1.807) is 0 Å². The highest BCUT2D eigenvalue weighted by molar-refractivity contribution is 5.94. The van der Waals surface area contributed by atoms with Gasteiger partial charge in [-0.15, -0.1) is 5.10 Å². The predicted molar refractivity (Wildman–Crippen MR) is 120 cm³/mol. The Hall–Kier alpha value is -4.00. The molecule has 0 aliphatic rings. The standard InChI is InChI=1S/C24H23N5O2/c1-16(20-6-5-7-21(14-20)26-17(2)30)25-24(31)19-12-10-18(11-13-19)15-29-23-9-4-3-8-22(23)27-28-29/h3-14,16H,15H2,1-2H3,(H,25,31)(H,26,30). The molecular formula is C24H23N5O2. The van der Waals surface area contributed by atoms with Gasteiger partial charge >= 0.3 is 0 Å². The number of rotatable bonds is 6. The van der Waals surface area contributed by atoms with Crippen molar-refractivity contribution in [3.63, 3.8) is 0 Å². The SMILES string of the molecule is CC(=O)Nc1cccc(C(C)NC(=O)c2ccc(Cn3nnc4ccccc43)cc2)c1. The monoisotopic (exact) mass is 413 g/mol. The van der Waals surface area contributed by atoms with Crippen molar-refractivity contribution in [2.24, 2.45) is 0 Å². The molecular weight excluding hydrogens is 390 g/mol. The molecule has 0 aliphatic carbocycles. The minimum Gasteiger partial charge on any atom is -0.346 e. The number of para-hydroxylation sites is 1. The number of anilines is 1. The van der Waals surface area contributed by atoms with E-state index in [4.69, 9.17) is 0 Å². The highest BCUT2D eigenvalue weighted by atomic mass is 16.2. The average molecular weight is 413 g/mol. The number of amides is 2. The van der Waals surface area contributed by atoms with E-state index >= 15 is 0 Å². The number of carbonyl (C=O) groups excluding carboxylic acids is 2. The van der Waals surface area contributed by atoms with E-state index in [1.807, 2.05) is 84.4 Å². The molecule has 1 heterocycles. The molecule has 1 atom stereocenters. The van der Waals surface area contributed by atoms with E-state index in [0.717, 1.165) is 22.2 Å². The topological polar surface area (TPSA) is 88.9 Å². The third-order valence-electron chi connectivity index (χ3n) is 5.02. The lowest BCUT2D eigenvalue weighted by Gasteiger charge is -2.16. The van der Waals surface area contributed by atoms with Crippen molar-refractivity contribution in [3.8, 4) is 0 Å². The molecule has 7 nitrogen and oxygen atoms in total. The fourth-order valence-corrected chi connectivity index (χ4v) is 3.42. The first-order chi connectivity index (χ1) is 15.0. The zero-order valence-electron chi connectivity index (χ0n) is 17.4. The minimum atomic E-state index is -0.206. The summed E-state index contributed by atoms with van der Waals surface area (Å²) in [5.41, 5.74) is 5.06. The molecule has 0 saturated heterocycles. The molecule has 0 bridgehead atoms. The summed E-state index contributed by atoms with van der Waals surface area (Å²) in [6.45, 7) is 3.95.